The van der Waals surface area contributed by atoms with E-state index in [1.54, 1.807) is 6.07 Å². The highest BCUT2D eigenvalue weighted by Gasteiger charge is 2.28. The molecule has 2 nitrogen and oxygen atoms in total. The van der Waals surface area contributed by atoms with Gasteiger partial charge in [0, 0.05) is 0 Å². The van der Waals surface area contributed by atoms with Gasteiger partial charge in [-0.3, -0.25) is 5.32 Å². The van der Waals surface area contributed by atoms with Gasteiger partial charge in [-0.05, 0) is 31.5 Å². The Kier molecular flexibility index (Phi) is 3.79. The molecule has 0 spiro atoms. The molecule has 1 fully saturated rings. The molecule has 4 heteroatoms. The van der Waals surface area contributed by atoms with Crippen LogP contribution in [-0.2, 0) is 4.74 Å². The number of rotatable bonds is 2. The monoisotopic (exact) mass is 271 g/mol. The molecule has 0 aliphatic carbocycles. The first-order valence-electron chi connectivity index (χ1n) is 5.51. The molecule has 0 saturated carbocycles. The van der Waals surface area contributed by atoms with Crippen molar-refractivity contribution >= 4 is 29.3 Å². The van der Waals surface area contributed by atoms with Crippen molar-refractivity contribution in [3.8, 4) is 0 Å². The number of ether oxygens (including phenoxy) is 1. The predicted molar refractivity (Wildman–Crippen MR) is 72.5 cm³/mol. The van der Waals surface area contributed by atoms with Crippen molar-refractivity contribution in [2.45, 2.75) is 25.6 Å². The van der Waals surface area contributed by atoms with Gasteiger partial charge >= 0.3 is 0 Å². The fourth-order valence-corrected chi connectivity index (χ4v) is 2.08. The fraction of sp³-hybridized carbons (Fsp3) is 0.385. The normalized spacial score (nSPS) is 23.4. The topological polar surface area (TPSA) is 21.3 Å². The summed E-state index contributed by atoms with van der Waals surface area (Å²) in [7, 11) is 0. The SMILES string of the molecule is CC1(C)NC(C=Cc2ccc(Cl)c(Cl)c2)CO1. The summed E-state index contributed by atoms with van der Waals surface area (Å²) < 4.78 is 5.57. The molecule has 0 aromatic heterocycles. The summed E-state index contributed by atoms with van der Waals surface area (Å²) in [6.45, 7) is 4.71. The minimum absolute atomic E-state index is 0.236. The van der Waals surface area contributed by atoms with Gasteiger partial charge in [-0.15, -0.1) is 0 Å². The van der Waals surface area contributed by atoms with Crippen molar-refractivity contribution in [3.63, 3.8) is 0 Å². The Labute approximate surface area is 112 Å². The number of hydrogen-bond donors (Lipinski definition) is 1. The van der Waals surface area contributed by atoms with Crippen LogP contribution in [0.4, 0.5) is 0 Å². The van der Waals surface area contributed by atoms with E-state index in [1.807, 2.05) is 32.1 Å². The van der Waals surface area contributed by atoms with E-state index in [0.29, 0.717) is 16.7 Å². The first kappa shape index (κ1) is 12.9. The third kappa shape index (κ3) is 3.46. The van der Waals surface area contributed by atoms with Crippen molar-refractivity contribution in [2.75, 3.05) is 6.61 Å². The van der Waals surface area contributed by atoms with Crippen LogP contribution in [0.5, 0.6) is 0 Å². The summed E-state index contributed by atoms with van der Waals surface area (Å²) in [6, 6.07) is 5.82. The van der Waals surface area contributed by atoms with Gasteiger partial charge in [-0.1, -0.05) is 41.4 Å². The molecule has 0 amide bonds. The molecule has 1 aromatic rings. The lowest BCUT2D eigenvalue weighted by Crippen LogP contribution is -2.37. The van der Waals surface area contributed by atoms with Gasteiger partial charge in [0.15, 0.2) is 0 Å². The quantitative estimate of drug-likeness (QED) is 0.885. The van der Waals surface area contributed by atoms with Crippen LogP contribution in [0.1, 0.15) is 19.4 Å². The number of nitrogens with one attached hydrogen (secondary N) is 1. The smallest absolute Gasteiger partial charge is 0.114 e. The second-order valence-corrected chi connectivity index (χ2v) is 5.42. The summed E-state index contributed by atoms with van der Waals surface area (Å²) in [6.07, 6.45) is 4.10. The van der Waals surface area contributed by atoms with Gasteiger partial charge in [0.2, 0.25) is 0 Å². The summed E-state index contributed by atoms with van der Waals surface area (Å²) >= 11 is 11.8. The molecule has 1 aliphatic heterocycles. The molecule has 1 atom stereocenters. The molecule has 1 aliphatic rings. The van der Waals surface area contributed by atoms with Gasteiger partial charge < -0.3 is 4.74 Å². The lowest BCUT2D eigenvalue weighted by molar-refractivity contribution is 0.0232. The maximum Gasteiger partial charge on any atom is 0.114 e. The van der Waals surface area contributed by atoms with Crippen LogP contribution in [0.25, 0.3) is 6.08 Å². The summed E-state index contributed by atoms with van der Waals surface area (Å²) in [5.41, 5.74) is 0.790. The number of benzene rings is 1. The molecular formula is C13H15Cl2NO. The van der Waals surface area contributed by atoms with Crippen LogP contribution < -0.4 is 5.32 Å². The summed E-state index contributed by atoms with van der Waals surface area (Å²) in [5.74, 6) is 0. The van der Waals surface area contributed by atoms with E-state index in [4.69, 9.17) is 27.9 Å². The van der Waals surface area contributed by atoms with Crippen LogP contribution in [0, 0.1) is 0 Å². The molecule has 1 N–H and O–H groups in total. The molecule has 1 unspecified atom stereocenters. The lowest BCUT2D eigenvalue weighted by atomic mass is 10.1. The van der Waals surface area contributed by atoms with E-state index in [-0.39, 0.29) is 11.8 Å². The molecule has 0 radical (unpaired) electrons. The molecule has 1 heterocycles. The second-order valence-electron chi connectivity index (χ2n) is 4.60. The van der Waals surface area contributed by atoms with E-state index in [9.17, 15) is 0 Å². The highest BCUT2D eigenvalue weighted by Crippen LogP contribution is 2.23. The first-order valence-corrected chi connectivity index (χ1v) is 6.27. The largest absolute Gasteiger partial charge is 0.359 e. The van der Waals surface area contributed by atoms with Crippen LogP contribution >= 0.6 is 23.2 Å². The average Bonchev–Trinajstić information content (AvgIpc) is 2.60. The zero-order chi connectivity index (χ0) is 12.5. The van der Waals surface area contributed by atoms with Crippen molar-refractivity contribution in [2.24, 2.45) is 0 Å². The van der Waals surface area contributed by atoms with Crippen LogP contribution in [0.3, 0.4) is 0 Å². The Morgan fingerprint density at radius 1 is 1.35 bits per heavy atom. The predicted octanol–water partition coefficient (Wildman–Crippen LogP) is 3.73. The van der Waals surface area contributed by atoms with Crippen LogP contribution in [-0.4, -0.2) is 18.4 Å². The third-order valence-electron chi connectivity index (χ3n) is 2.62. The zero-order valence-corrected chi connectivity index (χ0v) is 11.3. The highest BCUT2D eigenvalue weighted by atomic mass is 35.5. The zero-order valence-electron chi connectivity index (χ0n) is 9.84. The summed E-state index contributed by atoms with van der Waals surface area (Å²) in [4.78, 5) is 0. The maximum atomic E-state index is 5.95. The molecule has 2 rings (SSSR count). The molecule has 17 heavy (non-hydrogen) atoms. The second kappa shape index (κ2) is 4.99. The van der Waals surface area contributed by atoms with E-state index >= 15 is 0 Å². The van der Waals surface area contributed by atoms with Gasteiger partial charge in [0.05, 0.1) is 22.7 Å². The van der Waals surface area contributed by atoms with Crippen molar-refractivity contribution in [1.29, 1.82) is 0 Å². The Balaban J connectivity index is 2.03. The minimum Gasteiger partial charge on any atom is -0.359 e. The fourth-order valence-electron chi connectivity index (χ4n) is 1.77. The van der Waals surface area contributed by atoms with Crippen molar-refractivity contribution < 1.29 is 4.74 Å². The lowest BCUT2D eigenvalue weighted by Gasteiger charge is -2.16. The van der Waals surface area contributed by atoms with Gasteiger partial charge in [-0.25, -0.2) is 0 Å². The Morgan fingerprint density at radius 2 is 2.12 bits per heavy atom. The minimum atomic E-state index is -0.243. The summed E-state index contributed by atoms with van der Waals surface area (Å²) in [5, 5.41) is 4.51. The van der Waals surface area contributed by atoms with Crippen molar-refractivity contribution in [3.05, 3.63) is 39.9 Å². The maximum absolute atomic E-state index is 5.95. The standard InChI is InChI=1S/C13H15Cl2NO/c1-13(2)16-10(8-17-13)5-3-9-4-6-11(14)12(15)7-9/h3-7,10,16H,8H2,1-2H3. The van der Waals surface area contributed by atoms with Crippen molar-refractivity contribution in [1.82, 2.24) is 5.32 Å². The molecule has 1 saturated heterocycles. The Bertz CT molecular complexity index is 443. The van der Waals surface area contributed by atoms with Gasteiger partial charge in [0.1, 0.15) is 5.72 Å². The van der Waals surface area contributed by atoms with E-state index in [0.717, 1.165) is 5.56 Å². The molecule has 92 valence electrons. The van der Waals surface area contributed by atoms with E-state index in [1.165, 1.54) is 0 Å². The Hall–Kier alpha value is -0.540. The molecule has 0 bridgehead atoms. The number of halogens is 2. The number of hydrogen-bond acceptors (Lipinski definition) is 2. The Morgan fingerprint density at radius 3 is 2.71 bits per heavy atom. The van der Waals surface area contributed by atoms with Gasteiger partial charge in [-0.2, -0.15) is 0 Å². The third-order valence-corrected chi connectivity index (χ3v) is 3.36. The van der Waals surface area contributed by atoms with Crippen LogP contribution in [0.2, 0.25) is 10.0 Å². The van der Waals surface area contributed by atoms with Crippen LogP contribution in [0.15, 0.2) is 24.3 Å². The molecule has 1 aromatic carbocycles. The molecular weight excluding hydrogens is 257 g/mol. The first-order chi connectivity index (χ1) is 7.96. The average molecular weight is 272 g/mol. The van der Waals surface area contributed by atoms with Gasteiger partial charge in [0.25, 0.3) is 0 Å². The van der Waals surface area contributed by atoms with E-state index < -0.39 is 0 Å². The highest BCUT2D eigenvalue weighted by molar-refractivity contribution is 6.42. The van der Waals surface area contributed by atoms with E-state index in [2.05, 4.69) is 11.4 Å².